The molecule has 2 aromatic carbocycles. The number of nitrogens with zero attached hydrogens (tertiary/aromatic N) is 5. The van der Waals surface area contributed by atoms with Gasteiger partial charge in [-0.1, -0.05) is 48.5 Å². The molecule has 2 heterocycles. The molecule has 0 aliphatic carbocycles. The Balaban J connectivity index is 1.48. The zero-order valence-electron chi connectivity index (χ0n) is 17.3. The minimum atomic E-state index is 0.676. The van der Waals surface area contributed by atoms with Crippen molar-refractivity contribution in [1.29, 1.82) is 0 Å². The first-order chi connectivity index (χ1) is 14.1. The molecule has 5 nitrogen and oxygen atoms in total. The number of rotatable bonds is 7. The third-order valence-corrected chi connectivity index (χ3v) is 5.98. The van der Waals surface area contributed by atoms with Crippen LogP contribution in [-0.4, -0.2) is 39.4 Å². The van der Waals surface area contributed by atoms with Crippen molar-refractivity contribution in [3.8, 4) is 0 Å². The van der Waals surface area contributed by atoms with Crippen LogP contribution in [0, 0.1) is 11.7 Å². The molecule has 0 radical (unpaired) electrons. The number of anilines is 1. The van der Waals surface area contributed by atoms with Gasteiger partial charge in [0.15, 0.2) is 4.77 Å². The van der Waals surface area contributed by atoms with E-state index < -0.39 is 0 Å². The van der Waals surface area contributed by atoms with Gasteiger partial charge >= 0.3 is 0 Å². The summed E-state index contributed by atoms with van der Waals surface area (Å²) in [5.41, 5.74) is 3.97. The first-order valence-corrected chi connectivity index (χ1v) is 10.7. The van der Waals surface area contributed by atoms with Gasteiger partial charge in [0.1, 0.15) is 5.82 Å². The summed E-state index contributed by atoms with van der Waals surface area (Å²) in [6.45, 7) is 6.66. The molecule has 0 bridgehead atoms. The second-order valence-electron chi connectivity index (χ2n) is 7.88. The van der Waals surface area contributed by atoms with Gasteiger partial charge in [0.25, 0.3) is 0 Å². The van der Waals surface area contributed by atoms with E-state index in [2.05, 4.69) is 69.9 Å². The van der Waals surface area contributed by atoms with Crippen LogP contribution >= 0.6 is 12.2 Å². The van der Waals surface area contributed by atoms with E-state index in [1.165, 1.54) is 29.7 Å². The minimum absolute atomic E-state index is 0.676. The lowest BCUT2D eigenvalue weighted by Crippen LogP contribution is -2.25. The van der Waals surface area contributed by atoms with Crippen LogP contribution in [0.3, 0.4) is 0 Å². The van der Waals surface area contributed by atoms with E-state index in [4.69, 9.17) is 17.3 Å². The van der Waals surface area contributed by atoms with Crippen LogP contribution < -0.4 is 4.90 Å². The van der Waals surface area contributed by atoms with Crippen LogP contribution in [0.2, 0.25) is 0 Å². The van der Waals surface area contributed by atoms with Crippen LogP contribution in [0.25, 0.3) is 0 Å². The normalized spacial score (nSPS) is 14.1. The Morgan fingerprint density at radius 3 is 2.45 bits per heavy atom. The van der Waals surface area contributed by atoms with Crippen molar-refractivity contribution < 1.29 is 0 Å². The van der Waals surface area contributed by atoms with Crippen molar-refractivity contribution in [2.45, 2.75) is 39.5 Å². The number of hydrogen-bond donors (Lipinski definition) is 0. The van der Waals surface area contributed by atoms with Crippen molar-refractivity contribution >= 4 is 17.9 Å². The Bertz CT molecular complexity index is 1000. The number of aromatic nitrogens is 3. The van der Waals surface area contributed by atoms with Gasteiger partial charge in [0.2, 0.25) is 0 Å². The predicted molar refractivity (Wildman–Crippen MR) is 121 cm³/mol. The van der Waals surface area contributed by atoms with Gasteiger partial charge in [-0.2, -0.15) is 5.10 Å². The SMILES string of the molecule is Cc1nn(CN(C)Cc2ccccc2N2CCCC2)c(=S)n1Cc1ccccc1. The molecule has 152 valence electrons. The first kappa shape index (κ1) is 19.9. The van der Waals surface area contributed by atoms with Gasteiger partial charge in [-0.05, 0) is 56.2 Å². The summed E-state index contributed by atoms with van der Waals surface area (Å²) in [7, 11) is 2.13. The molecular weight excluding hydrogens is 378 g/mol. The van der Waals surface area contributed by atoms with Crippen molar-refractivity contribution in [2.75, 3.05) is 25.0 Å². The summed E-state index contributed by atoms with van der Waals surface area (Å²) in [6.07, 6.45) is 2.58. The van der Waals surface area contributed by atoms with Gasteiger partial charge in [0.05, 0.1) is 13.2 Å². The van der Waals surface area contributed by atoms with Crippen LogP contribution in [-0.2, 0) is 19.8 Å². The standard InChI is InChI=1S/C23H29N5S/c1-19-24-28(23(29)27(19)16-20-10-4-3-5-11-20)18-25(2)17-21-12-6-7-13-22(21)26-14-8-9-15-26/h3-7,10-13H,8-9,14-18H2,1-2H3. The molecule has 1 aliphatic rings. The van der Waals surface area contributed by atoms with Crippen molar-refractivity contribution in [2.24, 2.45) is 0 Å². The summed E-state index contributed by atoms with van der Waals surface area (Å²) in [6, 6.07) is 19.2. The summed E-state index contributed by atoms with van der Waals surface area (Å²) in [4.78, 5) is 4.79. The highest BCUT2D eigenvalue weighted by molar-refractivity contribution is 7.71. The Labute approximate surface area is 178 Å². The van der Waals surface area contributed by atoms with E-state index in [0.717, 1.165) is 36.8 Å². The number of aryl methyl sites for hydroxylation is 1. The fourth-order valence-electron chi connectivity index (χ4n) is 4.07. The average Bonchev–Trinajstić information content (AvgIpc) is 3.34. The van der Waals surface area contributed by atoms with E-state index in [-0.39, 0.29) is 0 Å². The smallest absolute Gasteiger partial charge is 0.199 e. The molecule has 29 heavy (non-hydrogen) atoms. The molecule has 1 aliphatic heterocycles. The lowest BCUT2D eigenvalue weighted by Gasteiger charge is -2.24. The molecular formula is C23H29N5S. The zero-order valence-corrected chi connectivity index (χ0v) is 18.1. The Morgan fingerprint density at radius 2 is 1.69 bits per heavy atom. The van der Waals surface area contributed by atoms with Crippen LogP contribution in [0.1, 0.15) is 29.8 Å². The largest absolute Gasteiger partial charge is 0.371 e. The second kappa shape index (κ2) is 8.93. The van der Waals surface area contributed by atoms with E-state index in [0.29, 0.717) is 6.67 Å². The van der Waals surface area contributed by atoms with Crippen molar-refractivity contribution in [3.63, 3.8) is 0 Å². The maximum atomic E-state index is 5.74. The van der Waals surface area contributed by atoms with E-state index in [1.54, 1.807) is 0 Å². The summed E-state index contributed by atoms with van der Waals surface area (Å²) in [5.74, 6) is 0.949. The lowest BCUT2D eigenvalue weighted by atomic mass is 10.1. The third-order valence-electron chi connectivity index (χ3n) is 5.55. The van der Waals surface area contributed by atoms with Gasteiger partial charge in [-0.3, -0.25) is 9.47 Å². The first-order valence-electron chi connectivity index (χ1n) is 10.3. The van der Waals surface area contributed by atoms with Crippen LogP contribution in [0.15, 0.2) is 54.6 Å². The second-order valence-corrected chi connectivity index (χ2v) is 8.24. The molecule has 0 saturated carbocycles. The maximum Gasteiger partial charge on any atom is 0.199 e. The fourth-order valence-corrected chi connectivity index (χ4v) is 4.37. The zero-order chi connectivity index (χ0) is 20.2. The molecule has 0 amide bonds. The molecule has 3 aromatic rings. The summed E-state index contributed by atoms with van der Waals surface area (Å²) >= 11 is 5.74. The molecule has 1 saturated heterocycles. The highest BCUT2D eigenvalue weighted by Gasteiger charge is 2.16. The Hall–Kier alpha value is -2.44. The van der Waals surface area contributed by atoms with Crippen LogP contribution in [0.5, 0.6) is 0 Å². The molecule has 0 atom stereocenters. The molecule has 0 unspecified atom stereocenters. The number of benzene rings is 2. The molecule has 0 N–H and O–H groups in total. The number of para-hydroxylation sites is 1. The van der Waals surface area contributed by atoms with E-state index in [9.17, 15) is 0 Å². The molecule has 6 heteroatoms. The fraction of sp³-hybridized carbons (Fsp3) is 0.391. The van der Waals surface area contributed by atoms with E-state index in [1.807, 2.05) is 17.7 Å². The summed E-state index contributed by atoms with van der Waals surface area (Å²) < 4.78 is 4.81. The minimum Gasteiger partial charge on any atom is -0.371 e. The van der Waals surface area contributed by atoms with Gasteiger partial charge in [0, 0.05) is 25.3 Å². The molecule has 1 fully saturated rings. The van der Waals surface area contributed by atoms with Crippen LogP contribution in [0.4, 0.5) is 5.69 Å². The average molecular weight is 408 g/mol. The molecule has 1 aromatic heterocycles. The van der Waals surface area contributed by atoms with Gasteiger partial charge in [-0.15, -0.1) is 0 Å². The van der Waals surface area contributed by atoms with Crippen molar-refractivity contribution in [3.05, 3.63) is 76.3 Å². The number of hydrogen-bond acceptors (Lipinski definition) is 4. The van der Waals surface area contributed by atoms with E-state index >= 15 is 0 Å². The quantitative estimate of drug-likeness (QED) is 0.541. The predicted octanol–water partition coefficient (Wildman–Crippen LogP) is 4.46. The Morgan fingerprint density at radius 1 is 1.00 bits per heavy atom. The van der Waals surface area contributed by atoms with Crippen molar-refractivity contribution in [1.82, 2.24) is 19.2 Å². The topological polar surface area (TPSA) is 29.2 Å². The highest BCUT2D eigenvalue weighted by atomic mass is 32.1. The highest BCUT2D eigenvalue weighted by Crippen LogP contribution is 2.25. The maximum absolute atomic E-state index is 5.74. The summed E-state index contributed by atoms with van der Waals surface area (Å²) in [5, 5.41) is 4.71. The molecule has 4 rings (SSSR count). The van der Waals surface area contributed by atoms with Gasteiger partial charge < -0.3 is 4.90 Å². The lowest BCUT2D eigenvalue weighted by molar-refractivity contribution is 0.243. The van der Waals surface area contributed by atoms with Gasteiger partial charge in [-0.25, -0.2) is 4.68 Å². The monoisotopic (exact) mass is 407 g/mol. The Kier molecular flexibility index (Phi) is 6.11. The molecule has 0 spiro atoms. The third kappa shape index (κ3) is 4.60.